The van der Waals surface area contributed by atoms with E-state index < -0.39 is 0 Å². The summed E-state index contributed by atoms with van der Waals surface area (Å²) in [5, 5.41) is 0. The normalized spacial score (nSPS) is 36.3. The zero-order chi connectivity index (χ0) is 13.8. The molecular formula is C15H28N2O2. The first-order valence-corrected chi connectivity index (χ1v) is 7.73. The highest BCUT2D eigenvalue weighted by molar-refractivity contribution is 5.77. The molecule has 1 aliphatic heterocycles. The van der Waals surface area contributed by atoms with E-state index >= 15 is 0 Å². The highest BCUT2D eigenvalue weighted by atomic mass is 16.5. The first kappa shape index (κ1) is 14.8. The summed E-state index contributed by atoms with van der Waals surface area (Å²) < 4.78 is 5.82. The van der Waals surface area contributed by atoms with Crippen molar-refractivity contribution in [1.82, 2.24) is 4.90 Å². The molecule has 1 aliphatic carbocycles. The van der Waals surface area contributed by atoms with Crippen molar-refractivity contribution in [3.8, 4) is 0 Å². The van der Waals surface area contributed by atoms with Crippen LogP contribution >= 0.6 is 0 Å². The van der Waals surface area contributed by atoms with Crippen LogP contribution in [0.5, 0.6) is 0 Å². The van der Waals surface area contributed by atoms with Gasteiger partial charge in [-0.15, -0.1) is 0 Å². The monoisotopic (exact) mass is 268 g/mol. The van der Waals surface area contributed by atoms with Crippen molar-refractivity contribution in [2.45, 2.75) is 70.6 Å². The molecule has 19 heavy (non-hydrogen) atoms. The Morgan fingerprint density at radius 1 is 1.26 bits per heavy atom. The first-order valence-electron chi connectivity index (χ1n) is 7.73. The van der Waals surface area contributed by atoms with Crippen molar-refractivity contribution in [2.75, 3.05) is 13.2 Å². The van der Waals surface area contributed by atoms with E-state index in [1.807, 2.05) is 4.90 Å². The number of hydrogen-bond donors (Lipinski definition) is 1. The van der Waals surface area contributed by atoms with Crippen LogP contribution in [0.2, 0.25) is 0 Å². The first-order chi connectivity index (χ1) is 9.06. The number of nitrogens with two attached hydrogens (primary N) is 1. The molecule has 4 atom stereocenters. The largest absolute Gasteiger partial charge is 0.368 e. The fourth-order valence-corrected chi connectivity index (χ4v) is 3.38. The highest BCUT2D eigenvalue weighted by Gasteiger charge is 2.28. The molecule has 1 saturated heterocycles. The summed E-state index contributed by atoms with van der Waals surface area (Å²) in [7, 11) is 0. The fourth-order valence-electron chi connectivity index (χ4n) is 3.38. The molecule has 0 spiro atoms. The van der Waals surface area contributed by atoms with Crippen LogP contribution < -0.4 is 5.73 Å². The summed E-state index contributed by atoms with van der Waals surface area (Å²) in [6, 6.07) is 0.504. The van der Waals surface area contributed by atoms with Crippen LogP contribution in [0, 0.1) is 5.92 Å². The topological polar surface area (TPSA) is 55.6 Å². The molecule has 2 N–H and O–H groups in total. The number of carbonyl (C=O) groups is 1. The fraction of sp³-hybridized carbons (Fsp3) is 0.933. The molecule has 0 radical (unpaired) electrons. The zero-order valence-corrected chi connectivity index (χ0v) is 12.3. The van der Waals surface area contributed by atoms with E-state index in [1.54, 1.807) is 0 Å². The van der Waals surface area contributed by atoms with Crippen molar-refractivity contribution in [2.24, 2.45) is 11.7 Å². The number of ether oxygens (including phenoxy) is 1. The summed E-state index contributed by atoms with van der Waals surface area (Å²) in [6.45, 7) is 5.38. The van der Waals surface area contributed by atoms with Gasteiger partial charge in [0, 0.05) is 18.6 Å². The van der Waals surface area contributed by atoms with E-state index in [9.17, 15) is 4.79 Å². The van der Waals surface area contributed by atoms with Gasteiger partial charge >= 0.3 is 0 Å². The molecule has 0 aromatic heterocycles. The van der Waals surface area contributed by atoms with E-state index in [0.29, 0.717) is 0 Å². The van der Waals surface area contributed by atoms with Gasteiger partial charge in [-0.3, -0.25) is 4.79 Å². The predicted molar refractivity (Wildman–Crippen MR) is 75.8 cm³/mol. The lowest BCUT2D eigenvalue weighted by atomic mass is 9.89. The number of piperidine rings is 1. The van der Waals surface area contributed by atoms with Gasteiger partial charge in [-0.1, -0.05) is 19.8 Å². The average Bonchev–Trinajstić information content (AvgIpc) is 2.36. The Kier molecular flexibility index (Phi) is 5.22. The lowest BCUT2D eigenvalue weighted by molar-refractivity contribution is -0.142. The number of likely N-dealkylation sites (tertiary alicyclic amines) is 1. The van der Waals surface area contributed by atoms with Gasteiger partial charge in [-0.25, -0.2) is 0 Å². The number of carbonyl (C=O) groups excluding carboxylic acids is 1. The van der Waals surface area contributed by atoms with Crippen molar-refractivity contribution in [1.29, 1.82) is 0 Å². The van der Waals surface area contributed by atoms with Crippen LogP contribution in [-0.4, -0.2) is 42.1 Å². The van der Waals surface area contributed by atoms with Gasteiger partial charge in [-0.2, -0.15) is 0 Å². The van der Waals surface area contributed by atoms with E-state index in [0.717, 1.165) is 38.1 Å². The lowest BCUT2D eigenvalue weighted by Crippen LogP contribution is -2.49. The molecule has 2 fully saturated rings. The van der Waals surface area contributed by atoms with E-state index in [2.05, 4.69) is 13.8 Å². The lowest BCUT2D eigenvalue weighted by Gasteiger charge is -2.37. The summed E-state index contributed by atoms with van der Waals surface area (Å²) in [4.78, 5) is 14.1. The molecule has 2 rings (SSSR count). The molecule has 0 aromatic rings. The van der Waals surface area contributed by atoms with Crippen molar-refractivity contribution in [3.63, 3.8) is 0 Å². The van der Waals surface area contributed by atoms with Crippen molar-refractivity contribution < 1.29 is 9.53 Å². The summed E-state index contributed by atoms with van der Waals surface area (Å²) >= 11 is 0. The van der Waals surface area contributed by atoms with E-state index in [-0.39, 0.29) is 30.7 Å². The number of hydrogen-bond acceptors (Lipinski definition) is 3. The molecule has 110 valence electrons. The van der Waals surface area contributed by atoms with Gasteiger partial charge in [0.05, 0.1) is 6.10 Å². The molecule has 4 nitrogen and oxygen atoms in total. The van der Waals surface area contributed by atoms with Gasteiger partial charge < -0.3 is 15.4 Å². The van der Waals surface area contributed by atoms with E-state index in [1.165, 1.54) is 12.8 Å². The molecule has 1 amide bonds. The second-order valence-corrected chi connectivity index (χ2v) is 6.43. The SMILES string of the molecule is C[C@@H]1CCC[C@H](OCC(=O)N2CC[C@@H](N)C[C@H]2C)C1. The standard InChI is InChI=1S/C15H28N2O2/c1-11-4-3-5-14(8-11)19-10-15(18)17-7-6-13(16)9-12(17)2/h11-14H,3-10,16H2,1-2H3/t11-,12-,13-,14+/m1/s1. The minimum Gasteiger partial charge on any atom is -0.368 e. The Bertz CT molecular complexity index is 309. The second-order valence-electron chi connectivity index (χ2n) is 6.43. The van der Waals surface area contributed by atoms with Crippen LogP contribution in [0.1, 0.15) is 52.4 Å². The highest BCUT2D eigenvalue weighted by Crippen LogP contribution is 2.26. The van der Waals surface area contributed by atoms with E-state index in [4.69, 9.17) is 10.5 Å². The number of rotatable bonds is 3. The smallest absolute Gasteiger partial charge is 0.248 e. The Labute approximate surface area is 116 Å². The summed E-state index contributed by atoms with van der Waals surface area (Å²) in [6.07, 6.45) is 6.85. The van der Waals surface area contributed by atoms with Crippen LogP contribution in [-0.2, 0) is 9.53 Å². The number of amides is 1. The summed E-state index contributed by atoms with van der Waals surface area (Å²) in [5.41, 5.74) is 5.92. The Morgan fingerprint density at radius 2 is 2.05 bits per heavy atom. The van der Waals surface area contributed by atoms with Gasteiger partial charge in [0.25, 0.3) is 0 Å². The molecule has 0 bridgehead atoms. The molecule has 1 saturated carbocycles. The minimum absolute atomic E-state index is 0.137. The van der Waals surface area contributed by atoms with Crippen LogP contribution in [0.15, 0.2) is 0 Å². The third-order valence-corrected chi connectivity index (χ3v) is 4.57. The zero-order valence-electron chi connectivity index (χ0n) is 12.3. The molecule has 4 heteroatoms. The second kappa shape index (κ2) is 6.71. The maximum Gasteiger partial charge on any atom is 0.248 e. The van der Waals surface area contributed by atoms with Crippen molar-refractivity contribution in [3.05, 3.63) is 0 Å². The molecule has 0 aromatic carbocycles. The number of nitrogens with zero attached hydrogens (tertiary/aromatic N) is 1. The van der Waals surface area contributed by atoms with Gasteiger partial charge in [-0.05, 0) is 38.5 Å². The Balaban J connectivity index is 1.74. The summed E-state index contributed by atoms with van der Waals surface area (Å²) in [5.74, 6) is 0.874. The van der Waals surface area contributed by atoms with Crippen LogP contribution in [0.3, 0.4) is 0 Å². The molecular weight excluding hydrogens is 240 g/mol. The quantitative estimate of drug-likeness (QED) is 0.851. The maximum absolute atomic E-state index is 12.2. The van der Waals surface area contributed by atoms with Crippen LogP contribution in [0.4, 0.5) is 0 Å². The van der Waals surface area contributed by atoms with Gasteiger partial charge in [0.15, 0.2) is 0 Å². The minimum atomic E-state index is 0.137. The van der Waals surface area contributed by atoms with Crippen molar-refractivity contribution >= 4 is 5.91 Å². The molecule has 2 aliphatic rings. The Hall–Kier alpha value is -0.610. The third-order valence-electron chi connectivity index (χ3n) is 4.57. The third kappa shape index (κ3) is 4.18. The average molecular weight is 268 g/mol. The van der Waals surface area contributed by atoms with Crippen LogP contribution in [0.25, 0.3) is 0 Å². The van der Waals surface area contributed by atoms with Gasteiger partial charge in [0.1, 0.15) is 6.61 Å². The Morgan fingerprint density at radius 3 is 2.74 bits per heavy atom. The molecule has 0 unspecified atom stereocenters. The maximum atomic E-state index is 12.2. The molecule has 1 heterocycles. The predicted octanol–water partition coefficient (Wildman–Crippen LogP) is 1.92. The van der Waals surface area contributed by atoms with Gasteiger partial charge in [0.2, 0.25) is 5.91 Å².